The SMILES string of the molecule is O=S(=O)([O-])CC(O)COCCC[Si](O)(O)O.[Na+]. The molecule has 0 heterocycles. The molecule has 0 bridgehead atoms. The first-order chi connectivity index (χ1) is 7.10. The topological polar surface area (TPSA) is 147 Å². The second kappa shape index (κ2) is 8.93. The molecule has 0 aliphatic heterocycles. The van der Waals surface area contributed by atoms with E-state index < -0.39 is 30.8 Å². The van der Waals surface area contributed by atoms with Gasteiger partial charge >= 0.3 is 38.4 Å². The summed E-state index contributed by atoms with van der Waals surface area (Å²) in [5.74, 6) is -0.925. The van der Waals surface area contributed by atoms with Crippen LogP contribution in [-0.2, 0) is 14.9 Å². The number of hydrogen-bond donors (Lipinski definition) is 4. The van der Waals surface area contributed by atoms with E-state index >= 15 is 0 Å². The molecule has 0 aliphatic carbocycles. The number of hydrogen-bond acceptors (Lipinski definition) is 8. The Morgan fingerprint density at radius 1 is 1.29 bits per heavy atom. The summed E-state index contributed by atoms with van der Waals surface area (Å²) in [7, 11) is -8.54. The number of aliphatic hydroxyl groups is 1. The van der Waals surface area contributed by atoms with Gasteiger partial charge in [-0.05, 0) is 6.42 Å². The molecule has 0 aromatic rings. The molecule has 0 radical (unpaired) electrons. The van der Waals surface area contributed by atoms with Gasteiger partial charge in [-0.15, -0.1) is 0 Å². The summed E-state index contributed by atoms with van der Waals surface area (Å²) in [6, 6.07) is -0.205. The van der Waals surface area contributed by atoms with E-state index in [1.165, 1.54) is 0 Å². The van der Waals surface area contributed by atoms with Gasteiger partial charge in [0.05, 0.1) is 28.6 Å². The molecule has 0 rings (SSSR count). The fourth-order valence-corrected chi connectivity index (χ4v) is 2.10. The maximum atomic E-state index is 10.2. The Bertz CT molecular complexity index is 289. The third-order valence-electron chi connectivity index (χ3n) is 1.51. The van der Waals surface area contributed by atoms with Gasteiger partial charge in [-0.1, -0.05) is 0 Å². The molecule has 0 aromatic heterocycles. The number of aliphatic hydroxyl groups excluding tert-OH is 1. The first-order valence-corrected chi connectivity index (χ1v) is 8.09. The van der Waals surface area contributed by atoms with Gasteiger partial charge < -0.3 is 28.8 Å². The van der Waals surface area contributed by atoms with Crippen LogP contribution in [0.25, 0.3) is 0 Å². The minimum Gasteiger partial charge on any atom is -0.748 e. The van der Waals surface area contributed by atoms with Crippen molar-refractivity contribution < 1.29 is 66.8 Å². The molecule has 0 amide bonds. The van der Waals surface area contributed by atoms with Gasteiger partial charge in [0.2, 0.25) is 0 Å². The minimum absolute atomic E-state index is 0. The normalized spacial score (nSPS) is 14.2. The van der Waals surface area contributed by atoms with Crippen molar-refractivity contribution in [2.45, 2.75) is 18.6 Å². The Balaban J connectivity index is 0. The predicted octanol–water partition coefficient (Wildman–Crippen LogP) is -5.78. The van der Waals surface area contributed by atoms with Crippen LogP contribution < -0.4 is 29.6 Å². The van der Waals surface area contributed by atoms with E-state index in [0.29, 0.717) is 0 Å². The largest absolute Gasteiger partial charge is 1.00 e. The smallest absolute Gasteiger partial charge is 0.748 e. The maximum absolute atomic E-state index is 10.2. The Morgan fingerprint density at radius 3 is 2.24 bits per heavy atom. The zero-order valence-electron chi connectivity index (χ0n) is 9.44. The second-order valence-corrected chi connectivity index (χ2v) is 6.83. The van der Waals surface area contributed by atoms with E-state index in [9.17, 15) is 13.0 Å². The van der Waals surface area contributed by atoms with Crippen molar-refractivity contribution in [2.75, 3.05) is 19.0 Å². The van der Waals surface area contributed by atoms with Crippen LogP contribution in [-0.4, -0.2) is 66.3 Å². The maximum Gasteiger partial charge on any atom is 1.00 e. The molecule has 1 unspecified atom stereocenters. The molecule has 0 aromatic carbocycles. The standard InChI is InChI=1S/C6H16O8SSi.Na/c7-6(5-15(8,9)10)4-14-2-1-3-16(11,12)13;/h6-7,11-13H,1-5H2,(H,8,9,10);/q;+1/p-1. The van der Waals surface area contributed by atoms with Crippen molar-refractivity contribution in [1.82, 2.24) is 0 Å². The van der Waals surface area contributed by atoms with Gasteiger partial charge in [-0.3, -0.25) is 0 Å². The van der Waals surface area contributed by atoms with Gasteiger partial charge in [-0.25, -0.2) is 8.42 Å². The van der Waals surface area contributed by atoms with Gasteiger partial charge in [0.1, 0.15) is 0 Å². The summed E-state index contributed by atoms with van der Waals surface area (Å²) in [5, 5.41) is 9.00. The molecule has 1 atom stereocenters. The molecule has 0 saturated carbocycles. The zero-order valence-corrected chi connectivity index (χ0v) is 13.3. The van der Waals surface area contributed by atoms with E-state index in [1.807, 2.05) is 0 Å². The van der Waals surface area contributed by atoms with Crippen molar-refractivity contribution in [3.8, 4) is 0 Å². The summed E-state index contributed by atoms with van der Waals surface area (Å²) in [5.41, 5.74) is 0. The van der Waals surface area contributed by atoms with Gasteiger partial charge in [0.15, 0.2) is 0 Å². The summed E-state index contributed by atoms with van der Waals surface area (Å²) < 4.78 is 35.4. The second-order valence-electron chi connectivity index (χ2n) is 3.33. The van der Waals surface area contributed by atoms with Crippen LogP contribution in [0.3, 0.4) is 0 Å². The average molecular weight is 298 g/mol. The Hall–Kier alpha value is 0.927. The summed E-state index contributed by atoms with van der Waals surface area (Å²) >= 11 is 0. The molecule has 0 aliphatic rings. The molecule has 8 nitrogen and oxygen atoms in total. The predicted molar refractivity (Wildman–Crippen MR) is 53.2 cm³/mol. The van der Waals surface area contributed by atoms with E-state index in [1.54, 1.807) is 0 Å². The van der Waals surface area contributed by atoms with Gasteiger partial charge in [0, 0.05) is 12.7 Å². The Labute approximate surface area is 123 Å². The Kier molecular flexibility index (Phi) is 10.6. The van der Waals surface area contributed by atoms with Crippen LogP contribution in [0.15, 0.2) is 0 Å². The molecular weight excluding hydrogens is 283 g/mol. The fourth-order valence-electron chi connectivity index (χ4n) is 0.915. The fraction of sp³-hybridized carbons (Fsp3) is 1.00. The number of rotatable bonds is 8. The molecule has 0 spiro atoms. The van der Waals surface area contributed by atoms with Gasteiger partial charge in [0.25, 0.3) is 0 Å². The third kappa shape index (κ3) is 16.9. The van der Waals surface area contributed by atoms with Crippen LogP contribution in [0.5, 0.6) is 0 Å². The quantitative estimate of drug-likeness (QED) is 0.197. The molecule has 17 heavy (non-hydrogen) atoms. The molecule has 0 saturated heterocycles. The number of ether oxygens (including phenoxy) is 1. The van der Waals surface area contributed by atoms with Crippen LogP contribution in [0.1, 0.15) is 6.42 Å². The molecule has 98 valence electrons. The van der Waals surface area contributed by atoms with Crippen molar-refractivity contribution in [3.63, 3.8) is 0 Å². The van der Waals surface area contributed by atoms with E-state index in [-0.39, 0.29) is 55.2 Å². The van der Waals surface area contributed by atoms with Crippen molar-refractivity contribution in [1.29, 1.82) is 0 Å². The van der Waals surface area contributed by atoms with Crippen molar-refractivity contribution in [3.05, 3.63) is 0 Å². The van der Waals surface area contributed by atoms with E-state index in [2.05, 4.69) is 0 Å². The Morgan fingerprint density at radius 2 is 1.82 bits per heavy atom. The average Bonchev–Trinajstić information content (AvgIpc) is 1.97. The molecule has 11 heteroatoms. The van der Waals surface area contributed by atoms with Crippen LogP contribution in [0, 0.1) is 0 Å². The van der Waals surface area contributed by atoms with Crippen LogP contribution in [0.4, 0.5) is 0 Å². The molecule has 0 fully saturated rings. The minimum atomic E-state index is -4.48. The first-order valence-electron chi connectivity index (χ1n) is 4.47. The summed E-state index contributed by atoms with van der Waals surface area (Å²) in [4.78, 5) is 25.8. The zero-order chi connectivity index (χ0) is 12.8. The van der Waals surface area contributed by atoms with E-state index in [0.717, 1.165) is 0 Å². The molecular formula is C6H15NaO8SSi. The summed E-state index contributed by atoms with van der Waals surface area (Å²) in [6.07, 6.45) is -1.24. The third-order valence-corrected chi connectivity index (χ3v) is 3.33. The van der Waals surface area contributed by atoms with E-state index in [4.69, 9.17) is 24.2 Å². The van der Waals surface area contributed by atoms with Crippen molar-refractivity contribution >= 4 is 18.9 Å². The molecule has 4 N–H and O–H groups in total. The summed E-state index contributed by atoms with van der Waals surface area (Å²) in [6.45, 7) is -0.315. The monoisotopic (exact) mass is 298 g/mol. The van der Waals surface area contributed by atoms with Crippen molar-refractivity contribution in [2.24, 2.45) is 0 Å². The first kappa shape index (κ1) is 20.2. The van der Waals surface area contributed by atoms with Crippen LogP contribution >= 0.6 is 0 Å². The van der Waals surface area contributed by atoms with Crippen LogP contribution in [0.2, 0.25) is 6.04 Å². The van der Waals surface area contributed by atoms with Gasteiger partial charge in [-0.2, -0.15) is 0 Å².